The number of nitrogens with one attached hydrogen (secondary N) is 2. The SMILES string of the molecule is O=C(N[C@@H](Cc1ccccc1)C(=O)O)C1CCNCC1. The monoisotopic (exact) mass is 276 g/mol. The van der Waals surface area contributed by atoms with Gasteiger partial charge < -0.3 is 15.7 Å². The number of carboxylic acid groups (broad SMARTS) is 1. The van der Waals surface area contributed by atoms with Crippen LogP contribution in [-0.2, 0) is 16.0 Å². The minimum absolute atomic E-state index is 0.0751. The van der Waals surface area contributed by atoms with Crippen LogP contribution in [0.25, 0.3) is 0 Å². The van der Waals surface area contributed by atoms with Crippen LogP contribution in [0.5, 0.6) is 0 Å². The lowest BCUT2D eigenvalue weighted by atomic mass is 9.96. The van der Waals surface area contributed by atoms with Crippen molar-refractivity contribution in [3.05, 3.63) is 35.9 Å². The molecule has 0 aromatic heterocycles. The highest BCUT2D eigenvalue weighted by molar-refractivity contribution is 5.85. The van der Waals surface area contributed by atoms with Crippen LogP contribution in [0.15, 0.2) is 30.3 Å². The number of carbonyl (C=O) groups excluding carboxylic acids is 1. The van der Waals surface area contributed by atoms with Crippen molar-refractivity contribution in [1.29, 1.82) is 0 Å². The Labute approximate surface area is 118 Å². The van der Waals surface area contributed by atoms with Gasteiger partial charge in [0, 0.05) is 12.3 Å². The number of carbonyl (C=O) groups is 2. The highest BCUT2D eigenvalue weighted by Crippen LogP contribution is 2.12. The second kappa shape index (κ2) is 7.05. The van der Waals surface area contributed by atoms with Gasteiger partial charge in [0.25, 0.3) is 0 Å². The number of aliphatic carboxylic acids is 1. The van der Waals surface area contributed by atoms with Crippen molar-refractivity contribution in [2.45, 2.75) is 25.3 Å². The number of amides is 1. The molecule has 108 valence electrons. The van der Waals surface area contributed by atoms with Gasteiger partial charge in [-0.15, -0.1) is 0 Å². The molecule has 1 fully saturated rings. The molecule has 1 amide bonds. The molecule has 5 heteroatoms. The Hall–Kier alpha value is -1.88. The Bertz CT molecular complexity index is 455. The zero-order valence-corrected chi connectivity index (χ0v) is 11.3. The van der Waals surface area contributed by atoms with E-state index in [-0.39, 0.29) is 11.8 Å². The Morgan fingerprint density at radius 2 is 1.90 bits per heavy atom. The smallest absolute Gasteiger partial charge is 0.326 e. The number of rotatable bonds is 5. The largest absolute Gasteiger partial charge is 0.480 e. The van der Waals surface area contributed by atoms with Crippen LogP contribution in [0.3, 0.4) is 0 Å². The molecule has 1 aliphatic rings. The van der Waals surface area contributed by atoms with Gasteiger partial charge in [-0.3, -0.25) is 4.79 Å². The molecule has 2 rings (SSSR count). The molecule has 1 heterocycles. The van der Waals surface area contributed by atoms with E-state index in [1.807, 2.05) is 30.3 Å². The van der Waals surface area contributed by atoms with Gasteiger partial charge in [-0.05, 0) is 31.5 Å². The molecule has 1 aromatic rings. The minimum Gasteiger partial charge on any atom is -0.480 e. The lowest BCUT2D eigenvalue weighted by Gasteiger charge is -2.24. The van der Waals surface area contributed by atoms with E-state index < -0.39 is 12.0 Å². The predicted octanol–water partition coefficient (Wildman–Crippen LogP) is 0.798. The fourth-order valence-electron chi connectivity index (χ4n) is 2.42. The maximum Gasteiger partial charge on any atom is 0.326 e. The molecule has 1 atom stereocenters. The third-order valence-electron chi connectivity index (χ3n) is 3.61. The summed E-state index contributed by atoms with van der Waals surface area (Å²) >= 11 is 0. The molecular weight excluding hydrogens is 256 g/mol. The fourth-order valence-corrected chi connectivity index (χ4v) is 2.42. The first kappa shape index (κ1) is 14.5. The summed E-state index contributed by atoms with van der Waals surface area (Å²) in [6.07, 6.45) is 1.85. The number of benzene rings is 1. The molecule has 0 radical (unpaired) electrons. The van der Waals surface area contributed by atoms with Crippen molar-refractivity contribution in [2.75, 3.05) is 13.1 Å². The van der Waals surface area contributed by atoms with Crippen LogP contribution in [0.4, 0.5) is 0 Å². The highest BCUT2D eigenvalue weighted by atomic mass is 16.4. The van der Waals surface area contributed by atoms with Gasteiger partial charge in [0.05, 0.1) is 0 Å². The average Bonchev–Trinajstić information content (AvgIpc) is 2.48. The molecule has 5 nitrogen and oxygen atoms in total. The van der Waals surface area contributed by atoms with Crippen molar-refractivity contribution in [3.63, 3.8) is 0 Å². The molecule has 0 aliphatic carbocycles. The Kier molecular flexibility index (Phi) is 5.12. The first-order chi connectivity index (χ1) is 9.66. The third kappa shape index (κ3) is 4.06. The normalized spacial score (nSPS) is 17.4. The summed E-state index contributed by atoms with van der Waals surface area (Å²) in [6.45, 7) is 1.63. The quantitative estimate of drug-likeness (QED) is 0.743. The summed E-state index contributed by atoms with van der Waals surface area (Å²) in [7, 11) is 0. The van der Waals surface area contributed by atoms with Crippen molar-refractivity contribution in [1.82, 2.24) is 10.6 Å². The molecular formula is C15H20N2O3. The van der Waals surface area contributed by atoms with Crippen LogP contribution in [0.1, 0.15) is 18.4 Å². The van der Waals surface area contributed by atoms with E-state index in [1.165, 1.54) is 0 Å². The second-order valence-corrected chi connectivity index (χ2v) is 5.11. The maximum absolute atomic E-state index is 12.1. The average molecular weight is 276 g/mol. The molecule has 1 aromatic carbocycles. The third-order valence-corrected chi connectivity index (χ3v) is 3.61. The number of carboxylic acids is 1. The Morgan fingerprint density at radius 1 is 1.25 bits per heavy atom. The van der Waals surface area contributed by atoms with E-state index in [0.29, 0.717) is 6.42 Å². The lowest BCUT2D eigenvalue weighted by molar-refractivity contribution is -0.142. The highest BCUT2D eigenvalue weighted by Gasteiger charge is 2.26. The van der Waals surface area contributed by atoms with Gasteiger partial charge in [-0.1, -0.05) is 30.3 Å². The van der Waals surface area contributed by atoms with Crippen LogP contribution in [-0.4, -0.2) is 36.1 Å². The predicted molar refractivity (Wildman–Crippen MR) is 75.3 cm³/mol. The molecule has 1 saturated heterocycles. The summed E-state index contributed by atoms with van der Waals surface area (Å²) < 4.78 is 0. The fraction of sp³-hybridized carbons (Fsp3) is 0.467. The second-order valence-electron chi connectivity index (χ2n) is 5.11. The summed E-state index contributed by atoms with van der Waals surface area (Å²) in [5.41, 5.74) is 0.908. The summed E-state index contributed by atoms with van der Waals surface area (Å²) in [4.78, 5) is 23.4. The van der Waals surface area contributed by atoms with Crippen LogP contribution < -0.4 is 10.6 Å². The van der Waals surface area contributed by atoms with E-state index >= 15 is 0 Å². The van der Waals surface area contributed by atoms with E-state index in [4.69, 9.17) is 0 Å². The zero-order valence-electron chi connectivity index (χ0n) is 11.3. The first-order valence-corrected chi connectivity index (χ1v) is 6.94. The van der Waals surface area contributed by atoms with Gasteiger partial charge in [-0.2, -0.15) is 0 Å². The van der Waals surface area contributed by atoms with Gasteiger partial charge in [-0.25, -0.2) is 4.79 Å². The Balaban J connectivity index is 1.95. The topological polar surface area (TPSA) is 78.4 Å². The van der Waals surface area contributed by atoms with E-state index in [0.717, 1.165) is 31.5 Å². The molecule has 1 aliphatic heterocycles. The minimum atomic E-state index is -0.990. The number of hydrogen-bond donors (Lipinski definition) is 3. The summed E-state index contributed by atoms with van der Waals surface area (Å²) in [5, 5.41) is 15.1. The van der Waals surface area contributed by atoms with Gasteiger partial charge in [0.1, 0.15) is 6.04 Å². The summed E-state index contributed by atoms with van der Waals surface area (Å²) in [6, 6.07) is 8.48. The molecule has 0 saturated carbocycles. The van der Waals surface area contributed by atoms with Gasteiger partial charge in [0.2, 0.25) is 5.91 Å². The van der Waals surface area contributed by atoms with Gasteiger partial charge >= 0.3 is 5.97 Å². The van der Waals surface area contributed by atoms with Crippen molar-refractivity contribution >= 4 is 11.9 Å². The molecule has 20 heavy (non-hydrogen) atoms. The van der Waals surface area contributed by atoms with E-state index in [2.05, 4.69) is 10.6 Å². The first-order valence-electron chi connectivity index (χ1n) is 6.94. The maximum atomic E-state index is 12.1. The van der Waals surface area contributed by atoms with Crippen LogP contribution in [0.2, 0.25) is 0 Å². The molecule has 3 N–H and O–H groups in total. The zero-order chi connectivity index (χ0) is 14.4. The standard InChI is InChI=1S/C15H20N2O3/c18-14(12-6-8-16-9-7-12)17-13(15(19)20)10-11-4-2-1-3-5-11/h1-5,12-13,16H,6-10H2,(H,17,18)(H,19,20)/t13-/m0/s1. The van der Waals surface area contributed by atoms with E-state index in [9.17, 15) is 14.7 Å². The lowest BCUT2D eigenvalue weighted by Crippen LogP contribution is -2.46. The Morgan fingerprint density at radius 3 is 2.50 bits per heavy atom. The number of piperidine rings is 1. The van der Waals surface area contributed by atoms with Crippen molar-refractivity contribution in [3.8, 4) is 0 Å². The van der Waals surface area contributed by atoms with Gasteiger partial charge in [0.15, 0.2) is 0 Å². The van der Waals surface area contributed by atoms with Crippen molar-refractivity contribution in [2.24, 2.45) is 5.92 Å². The van der Waals surface area contributed by atoms with Crippen LogP contribution in [0, 0.1) is 5.92 Å². The summed E-state index contributed by atoms with van der Waals surface area (Å²) in [5.74, 6) is -1.21. The van der Waals surface area contributed by atoms with Crippen molar-refractivity contribution < 1.29 is 14.7 Å². The molecule has 0 unspecified atom stereocenters. The van der Waals surface area contributed by atoms with Crippen LogP contribution >= 0.6 is 0 Å². The molecule has 0 spiro atoms. The number of hydrogen-bond acceptors (Lipinski definition) is 3. The molecule has 0 bridgehead atoms. The van der Waals surface area contributed by atoms with E-state index in [1.54, 1.807) is 0 Å².